The second-order valence-electron chi connectivity index (χ2n) is 8.48. The number of carbonyl (C=O) groups excluding carboxylic acids is 1. The molecular weight excluding hydrogens is 423 g/mol. The second kappa shape index (κ2) is 8.68. The highest BCUT2D eigenvalue weighted by molar-refractivity contribution is 7.84. The van der Waals surface area contributed by atoms with Crippen LogP contribution in [0.2, 0.25) is 0 Å². The van der Waals surface area contributed by atoms with Crippen LogP contribution in [0.25, 0.3) is 5.69 Å². The van der Waals surface area contributed by atoms with Crippen molar-refractivity contribution in [2.24, 2.45) is 11.8 Å². The summed E-state index contributed by atoms with van der Waals surface area (Å²) in [6, 6.07) is 7.58. The Bertz CT molecular complexity index is 1050. The van der Waals surface area contributed by atoms with E-state index >= 15 is 0 Å². The van der Waals surface area contributed by atoms with Crippen LogP contribution in [-0.4, -0.2) is 47.1 Å². The number of amides is 1. The molecule has 168 valence electrons. The van der Waals surface area contributed by atoms with E-state index in [1.807, 2.05) is 13.8 Å². The highest BCUT2D eigenvalue weighted by Crippen LogP contribution is 2.35. The van der Waals surface area contributed by atoms with E-state index in [0.29, 0.717) is 37.2 Å². The summed E-state index contributed by atoms with van der Waals surface area (Å²) >= 11 is 0. The quantitative estimate of drug-likeness (QED) is 0.756. The maximum atomic E-state index is 13.9. The molecule has 1 aliphatic heterocycles. The van der Waals surface area contributed by atoms with Crippen LogP contribution < -0.4 is 5.32 Å². The SMILES string of the molecule is CC(C)[C@H]1COS(=O)(=O)N1[C@H]1CC[C@@H](C(=O)Nc2ccn(-c3ccccc3F)n2)CC1. The summed E-state index contributed by atoms with van der Waals surface area (Å²) in [5.41, 5.74) is 0.303. The largest absolute Gasteiger partial charge is 0.339 e. The lowest BCUT2D eigenvalue weighted by molar-refractivity contribution is -0.121. The Balaban J connectivity index is 1.36. The Morgan fingerprint density at radius 3 is 2.58 bits per heavy atom. The molecule has 1 aliphatic carbocycles. The first-order valence-electron chi connectivity index (χ1n) is 10.6. The monoisotopic (exact) mass is 450 g/mol. The smallest absolute Gasteiger partial charge is 0.309 e. The van der Waals surface area contributed by atoms with Crippen molar-refractivity contribution in [1.29, 1.82) is 0 Å². The van der Waals surface area contributed by atoms with Gasteiger partial charge >= 0.3 is 10.3 Å². The molecule has 31 heavy (non-hydrogen) atoms. The number of para-hydroxylation sites is 1. The van der Waals surface area contributed by atoms with Crippen LogP contribution in [0.15, 0.2) is 36.5 Å². The maximum Gasteiger partial charge on any atom is 0.339 e. The fourth-order valence-electron chi connectivity index (χ4n) is 4.38. The maximum absolute atomic E-state index is 13.9. The zero-order valence-corrected chi connectivity index (χ0v) is 18.4. The third-order valence-electron chi connectivity index (χ3n) is 6.11. The summed E-state index contributed by atoms with van der Waals surface area (Å²) in [6.45, 7) is 4.16. The molecular formula is C21H27FN4O4S. The van der Waals surface area contributed by atoms with E-state index in [-0.39, 0.29) is 36.4 Å². The number of hydrogen-bond acceptors (Lipinski definition) is 5. The molecule has 2 heterocycles. The van der Waals surface area contributed by atoms with Crippen LogP contribution in [0.5, 0.6) is 0 Å². The molecule has 8 nitrogen and oxygen atoms in total. The van der Waals surface area contributed by atoms with Gasteiger partial charge in [0.05, 0.1) is 12.6 Å². The van der Waals surface area contributed by atoms with Crippen molar-refractivity contribution in [3.63, 3.8) is 0 Å². The summed E-state index contributed by atoms with van der Waals surface area (Å²) in [5, 5.41) is 7.04. The van der Waals surface area contributed by atoms with Crippen LogP contribution in [0.1, 0.15) is 39.5 Å². The molecule has 1 saturated carbocycles. The lowest BCUT2D eigenvalue weighted by Crippen LogP contribution is -2.47. The van der Waals surface area contributed by atoms with Gasteiger partial charge in [0.25, 0.3) is 0 Å². The summed E-state index contributed by atoms with van der Waals surface area (Å²) in [6.07, 6.45) is 3.97. The first kappa shape index (κ1) is 21.9. The first-order chi connectivity index (χ1) is 14.8. The molecule has 1 atom stereocenters. The van der Waals surface area contributed by atoms with Crippen LogP contribution in [-0.2, 0) is 19.3 Å². The van der Waals surface area contributed by atoms with E-state index in [1.54, 1.807) is 30.5 Å². The summed E-state index contributed by atoms with van der Waals surface area (Å²) < 4.78 is 46.6. The number of carbonyl (C=O) groups is 1. The van der Waals surface area contributed by atoms with E-state index in [4.69, 9.17) is 4.18 Å². The third-order valence-corrected chi connectivity index (χ3v) is 7.63. The van der Waals surface area contributed by atoms with Gasteiger partial charge in [0.15, 0.2) is 5.82 Å². The van der Waals surface area contributed by atoms with Crippen LogP contribution in [0.3, 0.4) is 0 Å². The van der Waals surface area contributed by atoms with Gasteiger partial charge in [-0.15, -0.1) is 5.10 Å². The van der Waals surface area contributed by atoms with Crippen molar-refractivity contribution in [2.75, 3.05) is 11.9 Å². The number of nitrogens with one attached hydrogen (secondary N) is 1. The zero-order chi connectivity index (χ0) is 22.2. The van der Waals surface area contributed by atoms with E-state index in [1.165, 1.54) is 15.1 Å². The van der Waals surface area contributed by atoms with E-state index in [9.17, 15) is 17.6 Å². The van der Waals surface area contributed by atoms with Crippen molar-refractivity contribution >= 4 is 22.0 Å². The van der Waals surface area contributed by atoms with Gasteiger partial charge in [-0.2, -0.15) is 12.7 Å². The van der Waals surface area contributed by atoms with Crippen molar-refractivity contribution in [2.45, 2.75) is 51.6 Å². The van der Waals surface area contributed by atoms with Gasteiger partial charge in [-0.25, -0.2) is 9.07 Å². The molecule has 2 aliphatic rings. The van der Waals surface area contributed by atoms with E-state index < -0.39 is 16.1 Å². The predicted molar refractivity (Wildman–Crippen MR) is 113 cm³/mol. The van der Waals surface area contributed by atoms with Gasteiger partial charge in [-0.1, -0.05) is 26.0 Å². The molecule has 1 aromatic heterocycles. The Labute approximate surface area is 181 Å². The molecule has 1 saturated heterocycles. The topological polar surface area (TPSA) is 93.5 Å². The van der Waals surface area contributed by atoms with Gasteiger partial charge in [-0.3, -0.25) is 8.98 Å². The second-order valence-corrected chi connectivity index (χ2v) is 9.99. The van der Waals surface area contributed by atoms with Crippen LogP contribution >= 0.6 is 0 Å². The molecule has 10 heteroatoms. The number of benzene rings is 1. The van der Waals surface area contributed by atoms with Crippen molar-refractivity contribution in [1.82, 2.24) is 14.1 Å². The molecule has 2 fully saturated rings. The average molecular weight is 451 g/mol. The number of nitrogens with zero attached hydrogens (tertiary/aromatic N) is 3. The minimum Gasteiger partial charge on any atom is -0.309 e. The highest BCUT2D eigenvalue weighted by Gasteiger charge is 2.45. The van der Waals surface area contributed by atoms with Gasteiger partial charge in [0, 0.05) is 24.2 Å². The first-order valence-corrected chi connectivity index (χ1v) is 11.9. The minimum atomic E-state index is -3.70. The minimum absolute atomic E-state index is 0.149. The van der Waals surface area contributed by atoms with E-state index in [0.717, 1.165) is 0 Å². The third kappa shape index (κ3) is 4.51. The molecule has 1 amide bonds. The van der Waals surface area contributed by atoms with Crippen molar-refractivity contribution in [3.8, 4) is 5.69 Å². The van der Waals surface area contributed by atoms with Crippen molar-refractivity contribution in [3.05, 3.63) is 42.3 Å². The lowest BCUT2D eigenvalue weighted by atomic mass is 9.84. The summed E-state index contributed by atoms with van der Waals surface area (Å²) in [5.74, 6) is -0.271. The normalized spacial score (nSPS) is 26.3. The fourth-order valence-corrected chi connectivity index (χ4v) is 6.02. The number of aromatic nitrogens is 2. The van der Waals surface area contributed by atoms with E-state index in [2.05, 4.69) is 10.4 Å². The van der Waals surface area contributed by atoms with Gasteiger partial charge in [0.1, 0.15) is 11.5 Å². The average Bonchev–Trinajstić information content (AvgIpc) is 3.32. The lowest BCUT2D eigenvalue weighted by Gasteiger charge is -2.35. The predicted octanol–water partition coefficient (Wildman–Crippen LogP) is 3.11. The van der Waals surface area contributed by atoms with Gasteiger partial charge in [0.2, 0.25) is 5.91 Å². The molecule has 2 aromatic rings. The Morgan fingerprint density at radius 2 is 1.90 bits per heavy atom. The Kier molecular flexibility index (Phi) is 6.14. The molecule has 0 unspecified atom stereocenters. The van der Waals surface area contributed by atoms with Crippen LogP contribution in [0.4, 0.5) is 10.2 Å². The van der Waals surface area contributed by atoms with Crippen molar-refractivity contribution < 1.29 is 21.8 Å². The molecule has 1 N–H and O–H groups in total. The molecule has 0 spiro atoms. The van der Waals surface area contributed by atoms with Crippen LogP contribution in [0, 0.1) is 17.7 Å². The number of halogens is 1. The number of hydrogen-bond donors (Lipinski definition) is 1. The van der Waals surface area contributed by atoms with Gasteiger partial charge in [-0.05, 0) is 43.7 Å². The standard InChI is InChI=1S/C21H27FN4O4S/c1-14(2)19-13-30-31(28,29)26(19)16-9-7-15(8-10-16)21(27)23-20-11-12-25(24-20)18-6-4-3-5-17(18)22/h3-6,11-12,14-16,19H,7-10,13H2,1-2H3,(H,23,24,27)/t15-,16+,19-/m1/s1. The van der Waals surface area contributed by atoms with Gasteiger partial charge < -0.3 is 5.32 Å². The zero-order valence-electron chi connectivity index (χ0n) is 17.6. The Hall–Kier alpha value is -2.30. The number of rotatable bonds is 5. The summed E-state index contributed by atoms with van der Waals surface area (Å²) in [4.78, 5) is 12.7. The fraction of sp³-hybridized carbons (Fsp3) is 0.524. The highest BCUT2D eigenvalue weighted by atomic mass is 32.2. The summed E-state index contributed by atoms with van der Waals surface area (Å²) in [7, 11) is -3.70. The molecule has 1 aromatic carbocycles. The molecule has 0 bridgehead atoms. The molecule has 0 radical (unpaired) electrons. The number of anilines is 1. The molecule has 4 rings (SSSR count). The Morgan fingerprint density at radius 1 is 1.19 bits per heavy atom.